The van der Waals surface area contributed by atoms with Gasteiger partial charge in [-0.2, -0.15) is 0 Å². The lowest BCUT2D eigenvalue weighted by Crippen LogP contribution is -2.48. The number of likely N-dealkylation sites (tertiary alicyclic amines) is 1. The lowest BCUT2D eigenvalue weighted by Gasteiger charge is -2.36. The van der Waals surface area contributed by atoms with Crippen molar-refractivity contribution in [2.45, 2.75) is 95.6 Å². The quantitative estimate of drug-likeness (QED) is 0.654. The highest BCUT2D eigenvalue weighted by molar-refractivity contribution is 5.85. The molecule has 1 heterocycles. The first-order valence-electron chi connectivity index (χ1n) is 12.0. The van der Waals surface area contributed by atoms with Gasteiger partial charge in [0.2, 0.25) is 11.8 Å². The predicted octanol–water partition coefficient (Wildman–Crippen LogP) is 3.65. The van der Waals surface area contributed by atoms with Crippen molar-refractivity contribution in [3.8, 4) is 0 Å². The molecule has 4 fully saturated rings. The summed E-state index contributed by atoms with van der Waals surface area (Å²) in [6.07, 6.45) is 14.5. The molecule has 0 aromatic heterocycles. The average Bonchev–Trinajstić information content (AvgIpc) is 3.41. The van der Waals surface area contributed by atoms with E-state index in [4.69, 9.17) is 0 Å². The van der Waals surface area contributed by atoms with E-state index in [2.05, 4.69) is 15.5 Å². The number of rotatable bonds is 7. The van der Waals surface area contributed by atoms with Crippen LogP contribution >= 0.6 is 12.4 Å². The second kappa shape index (κ2) is 11.0. The number of hydrogen-bond acceptors (Lipinski definition) is 3. The molecule has 0 spiro atoms. The molecule has 6 heteroatoms. The third-order valence-corrected chi connectivity index (χ3v) is 7.59. The third-order valence-electron chi connectivity index (χ3n) is 7.59. The van der Waals surface area contributed by atoms with Crippen molar-refractivity contribution in [3.63, 3.8) is 0 Å². The predicted molar refractivity (Wildman–Crippen MR) is 118 cm³/mol. The largest absolute Gasteiger partial charge is 0.353 e. The van der Waals surface area contributed by atoms with Gasteiger partial charge in [0.05, 0.1) is 0 Å². The second-order valence-electron chi connectivity index (χ2n) is 9.92. The van der Waals surface area contributed by atoms with Gasteiger partial charge in [0, 0.05) is 37.5 Å². The molecule has 0 aromatic carbocycles. The number of piperidine rings is 1. The molecular formula is C23H40ClN3O2. The summed E-state index contributed by atoms with van der Waals surface area (Å²) in [5, 5.41) is 6.94. The number of carbonyl (C=O) groups excluding carboxylic acids is 2. The van der Waals surface area contributed by atoms with Crippen LogP contribution < -0.4 is 10.6 Å². The summed E-state index contributed by atoms with van der Waals surface area (Å²) in [5.41, 5.74) is 0. The lowest BCUT2D eigenvalue weighted by molar-refractivity contribution is -0.137. The van der Waals surface area contributed by atoms with Gasteiger partial charge in [0.1, 0.15) is 0 Å². The maximum Gasteiger partial charge on any atom is 0.225 e. The van der Waals surface area contributed by atoms with Crippen LogP contribution in [0.3, 0.4) is 0 Å². The number of nitrogens with zero attached hydrogens (tertiary/aromatic N) is 1. The Morgan fingerprint density at radius 3 is 2.03 bits per heavy atom. The Labute approximate surface area is 182 Å². The summed E-state index contributed by atoms with van der Waals surface area (Å²) in [4.78, 5) is 27.3. The van der Waals surface area contributed by atoms with Crippen LogP contribution in [-0.2, 0) is 9.59 Å². The Balaban J connectivity index is 0.00000240. The van der Waals surface area contributed by atoms with Crippen LogP contribution in [0.1, 0.15) is 83.5 Å². The minimum absolute atomic E-state index is 0. The molecule has 2 N–H and O–H groups in total. The van der Waals surface area contributed by atoms with Crippen molar-refractivity contribution >= 4 is 24.2 Å². The molecule has 166 valence electrons. The Morgan fingerprint density at radius 2 is 1.41 bits per heavy atom. The maximum atomic E-state index is 12.9. The summed E-state index contributed by atoms with van der Waals surface area (Å²) in [5.74, 6) is 2.32. The van der Waals surface area contributed by atoms with Gasteiger partial charge in [-0.15, -0.1) is 12.4 Å². The van der Waals surface area contributed by atoms with E-state index in [1.165, 1.54) is 45.1 Å². The van der Waals surface area contributed by atoms with Gasteiger partial charge in [-0.1, -0.05) is 12.8 Å². The monoisotopic (exact) mass is 425 g/mol. The number of halogens is 1. The Kier molecular flexibility index (Phi) is 8.67. The van der Waals surface area contributed by atoms with Crippen LogP contribution in [0.2, 0.25) is 0 Å². The molecule has 3 saturated carbocycles. The van der Waals surface area contributed by atoms with Gasteiger partial charge in [-0.25, -0.2) is 0 Å². The molecule has 2 amide bonds. The van der Waals surface area contributed by atoms with Gasteiger partial charge in [0.25, 0.3) is 0 Å². The summed E-state index contributed by atoms with van der Waals surface area (Å²) < 4.78 is 0. The zero-order valence-corrected chi connectivity index (χ0v) is 18.7. The topological polar surface area (TPSA) is 61.4 Å². The number of nitrogens with one attached hydrogen (secondary N) is 2. The molecule has 29 heavy (non-hydrogen) atoms. The van der Waals surface area contributed by atoms with Crippen molar-refractivity contribution < 1.29 is 9.59 Å². The highest BCUT2D eigenvalue weighted by atomic mass is 35.5. The van der Waals surface area contributed by atoms with Crippen LogP contribution in [0.15, 0.2) is 0 Å². The Hall–Kier alpha value is -0.810. The minimum Gasteiger partial charge on any atom is -0.353 e. The molecule has 1 aliphatic heterocycles. The van der Waals surface area contributed by atoms with Crippen molar-refractivity contribution in [1.29, 1.82) is 0 Å². The molecule has 0 bridgehead atoms. The molecule has 0 unspecified atom stereocenters. The Bertz CT molecular complexity index is 532. The summed E-state index contributed by atoms with van der Waals surface area (Å²) >= 11 is 0. The van der Waals surface area contributed by atoms with Crippen molar-refractivity contribution in [1.82, 2.24) is 15.5 Å². The van der Waals surface area contributed by atoms with Crippen molar-refractivity contribution in [3.05, 3.63) is 0 Å². The van der Waals surface area contributed by atoms with E-state index < -0.39 is 0 Å². The van der Waals surface area contributed by atoms with Crippen LogP contribution in [0, 0.1) is 17.8 Å². The fourth-order valence-corrected chi connectivity index (χ4v) is 5.47. The smallest absolute Gasteiger partial charge is 0.225 e. The van der Waals surface area contributed by atoms with Crippen molar-refractivity contribution in [2.24, 2.45) is 17.8 Å². The highest BCUT2D eigenvalue weighted by Crippen LogP contribution is 2.30. The lowest BCUT2D eigenvalue weighted by atomic mass is 9.84. The average molecular weight is 426 g/mol. The molecule has 4 rings (SSSR count). The first-order chi connectivity index (χ1) is 13.7. The molecule has 4 aliphatic rings. The zero-order chi connectivity index (χ0) is 19.3. The van der Waals surface area contributed by atoms with Crippen LogP contribution in [0.5, 0.6) is 0 Å². The molecule has 1 saturated heterocycles. The first-order valence-corrected chi connectivity index (χ1v) is 12.0. The zero-order valence-electron chi connectivity index (χ0n) is 17.9. The van der Waals surface area contributed by atoms with Crippen molar-refractivity contribution in [2.75, 3.05) is 19.6 Å². The van der Waals surface area contributed by atoms with Gasteiger partial charge in [0.15, 0.2) is 0 Å². The van der Waals surface area contributed by atoms with E-state index in [0.717, 1.165) is 57.5 Å². The Morgan fingerprint density at radius 1 is 0.759 bits per heavy atom. The first kappa shape index (κ1) is 22.9. The summed E-state index contributed by atoms with van der Waals surface area (Å²) in [6.45, 7) is 3.01. The maximum absolute atomic E-state index is 12.9. The number of hydrogen-bond donors (Lipinski definition) is 2. The fraction of sp³-hybridized carbons (Fsp3) is 0.913. The van der Waals surface area contributed by atoms with Gasteiger partial charge in [-0.05, 0) is 82.6 Å². The van der Waals surface area contributed by atoms with Crippen LogP contribution in [0.25, 0.3) is 0 Å². The fourth-order valence-electron chi connectivity index (χ4n) is 5.47. The van der Waals surface area contributed by atoms with Gasteiger partial charge >= 0.3 is 0 Å². The second-order valence-corrected chi connectivity index (χ2v) is 9.92. The summed E-state index contributed by atoms with van der Waals surface area (Å²) in [6, 6.07) is 0.894. The normalized spacial score (nSPS) is 28.8. The molecule has 3 aliphatic carbocycles. The molecular weight excluding hydrogens is 386 g/mol. The summed E-state index contributed by atoms with van der Waals surface area (Å²) in [7, 11) is 0. The van der Waals surface area contributed by atoms with E-state index >= 15 is 0 Å². The number of carbonyl (C=O) groups is 2. The highest BCUT2D eigenvalue weighted by Gasteiger charge is 2.32. The van der Waals surface area contributed by atoms with E-state index in [9.17, 15) is 9.59 Å². The molecule has 0 aromatic rings. The standard InChI is InChI=1S/C23H39N3O2.ClH/c27-22(15-17-3-1-2-4-17)25-21-9-7-19(8-10-21)23(28)26-13-11-20(12-14-26)24-16-18-5-6-18;/h17-21,24H,1-16H2,(H,25,27);1H. The van der Waals surface area contributed by atoms with E-state index in [0.29, 0.717) is 24.3 Å². The van der Waals surface area contributed by atoms with Gasteiger partial charge in [-0.3, -0.25) is 9.59 Å². The van der Waals surface area contributed by atoms with E-state index in [-0.39, 0.29) is 30.3 Å². The minimum atomic E-state index is 0. The van der Waals surface area contributed by atoms with Gasteiger partial charge < -0.3 is 15.5 Å². The van der Waals surface area contributed by atoms with Crippen LogP contribution in [0.4, 0.5) is 0 Å². The molecule has 0 atom stereocenters. The third kappa shape index (κ3) is 6.85. The van der Waals surface area contributed by atoms with E-state index in [1.807, 2.05) is 0 Å². The van der Waals surface area contributed by atoms with E-state index in [1.54, 1.807) is 0 Å². The molecule has 5 nitrogen and oxygen atoms in total. The SMILES string of the molecule is Cl.O=C(CC1CCCC1)NC1CCC(C(=O)N2CCC(NCC3CC3)CC2)CC1. The van der Waals surface area contributed by atoms with Crippen LogP contribution in [-0.4, -0.2) is 48.4 Å². The molecule has 0 radical (unpaired) electrons. The number of amides is 2.